The summed E-state index contributed by atoms with van der Waals surface area (Å²) in [7, 11) is 0. The third-order valence-electron chi connectivity index (χ3n) is 1.81. The van der Waals surface area contributed by atoms with Crippen molar-refractivity contribution >= 4 is 11.8 Å². The van der Waals surface area contributed by atoms with E-state index in [-0.39, 0.29) is 24.5 Å². The van der Waals surface area contributed by atoms with E-state index in [2.05, 4.69) is 15.3 Å². The summed E-state index contributed by atoms with van der Waals surface area (Å²) >= 11 is 0. The SMILES string of the molecule is O=C(O)c1cnc(NCCCC(F)(F)F)cn1. The van der Waals surface area contributed by atoms with Gasteiger partial charge in [-0.25, -0.2) is 14.8 Å². The summed E-state index contributed by atoms with van der Waals surface area (Å²) in [4.78, 5) is 17.7. The average Bonchev–Trinajstić information content (AvgIpc) is 2.24. The maximum Gasteiger partial charge on any atom is 0.389 e. The predicted molar refractivity (Wildman–Crippen MR) is 52.8 cm³/mol. The van der Waals surface area contributed by atoms with Gasteiger partial charge in [-0.3, -0.25) is 0 Å². The second kappa shape index (κ2) is 5.46. The molecule has 0 aliphatic heterocycles. The van der Waals surface area contributed by atoms with E-state index in [9.17, 15) is 18.0 Å². The molecule has 0 radical (unpaired) electrons. The van der Waals surface area contributed by atoms with E-state index < -0.39 is 18.6 Å². The largest absolute Gasteiger partial charge is 0.476 e. The van der Waals surface area contributed by atoms with E-state index in [0.717, 1.165) is 12.4 Å². The van der Waals surface area contributed by atoms with Gasteiger partial charge in [-0.2, -0.15) is 13.2 Å². The first kappa shape index (κ1) is 13.2. The molecular formula is C9H10F3N3O2. The van der Waals surface area contributed by atoms with Gasteiger partial charge in [-0.05, 0) is 6.42 Å². The molecule has 0 aliphatic rings. The Hall–Kier alpha value is -1.86. The van der Waals surface area contributed by atoms with Crippen molar-refractivity contribution in [1.82, 2.24) is 9.97 Å². The minimum Gasteiger partial charge on any atom is -0.476 e. The predicted octanol–water partition coefficient (Wildman–Crippen LogP) is 1.93. The van der Waals surface area contributed by atoms with Gasteiger partial charge >= 0.3 is 12.1 Å². The van der Waals surface area contributed by atoms with Crippen LogP contribution in [-0.4, -0.2) is 33.8 Å². The molecule has 0 aromatic carbocycles. The third-order valence-corrected chi connectivity index (χ3v) is 1.81. The minimum atomic E-state index is -4.17. The van der Waals surface area contributed by atoms with Gasteiger partial charge in [0.25, 0.3) is 0 Å². The molecule has 0 amide bonds. The molecular weight excluding hydrogens is 239 g/mol. The van der Waals surface area contributed by atoms with Crippen molar-refractivity contribution in [2.45, 2.75) is 19.0 Å². The molecule has 0 spiro atoms. The van der Waals surface area contributed by atoms with Crippen LogP contribution in [-0.2, 0) is 0 Å². The van der Waals surface area contributed by atoms with Crippen molar-refractivity contribution in [2.75, 3.05) is 11.9 Å². The van der Waals surface area contributed by atoms with Gasteiger partial charge in [0.05, 0.1) is 12.4 Å². The van der Waals surface area contributed by atoms with Gasteiger partial charge in [-0.15, -0.1) is 0 Å². The lowest BCUT2D eigenvalue weighted by molar-refractivity contribution is -0.134. The Kier molecular flexibility index (Phi) is 4.24. The van der Waals surface area contributed by atoms with Crippen molar-refractivity contribution in [3.8, 4) is 0 Å². The molecule has 5 nitrogen and oxygen atoms in total. The van der Waals surface area contributed by atoms with Gasteiger partial charge in [-0.1, -0.05) is 0 Å². The van der Waals surface area contributed by atoms with Gasteiger partial charge in [0.15, 0.2) is 5.69 Å². The number of alkyl halides is 3. The normalized spacial score (nSPS) is 11.2. The zero-order chi connectivity index (χ0) is 12.9. The Labute approximate surface area is 94.7 Å². The fraction of sp³-hybridized carbons (Fsp3) is 0.444. The van der Waals surface area contributed by atoms with Crippen LogP contribution in [0.2, 0.25) is 0 Å². The van der Waals surface area contributed by atoms with E-state index in [0.29, 0.717) is 0 Å². The quantitative estimate of drug-likeness (QED) is 0.780. The van der Waals surface area contributed by atoms with E-state index in [1.165, 1.54) is 0 Å². The Balaban J connectivity index is 2.35. The number of nitrogens with zero attached hydrogens (tertiary/aromatic N) is 2. The van der Waals surface area contributed by atoms with Crippen LogP contribution in [0, 0.1) is 0 Å². The lowest BCUT2D eigenvalue weighted by Gasteiger charge is -2.07. The molecule has 1 heterocycles. The van der Waals surface area contributed by atoms with Crippen LogP contribution in [0.15, 0.2) is 12.4 Å². The minimum absolute atomic E-state index is 0.0775. The number of aromatic carboxylic acids is 1. The molecule has 0 unspecified atom stereocenters. The number of hydrogen-bond donors (Lipinski definition) is 2. The Morgan fingerprint density at radius 2 is 2.06 bits per heavy atom. The standard InChI is InChI=1S/C9H10F3N3O2/c10-9(11,12)2-1-3-13-7-5-14-6(4-15-7)8(16)17/h4-5H,1-3H2,(H,13,15)(H,16,17). The lowest BCUT2D eigenvalue weighted by Crippen LogP contribution is -2.12. The summed E-state index contributed by atoms with van der Waals surface area (Å²) in [5.41, 5.74) is -0.217. The molecule has 1 aromatic rings. The second-order valence-corrected chi connectivity index (χ2v) is 3.24. The number of nitrogens with one attached hydrogen (secondary N) is 1. The first-order valence-electron chi connectivity index (χ1n) is 4.74. The molecule has 0 saturated heterocycles. The molecule has 0 aliphatic carbocycles. The van der Waals surface area contributed by atoms with Crippen molar-refractivity contribution < 1.29 is 23.1 Å². The summed E-state index contributed by atoms with van der Waals surface area (Å²) in [6, 6.07) is 0. The maximum absolute atomic E-state index is 11.8. The highest BCUT2D eigenvalue weighted by atomic mass is 19.4. The molecule has 94 valence electrons. The maximum atomic E-state index is 11.8. The lowest BCUT2D eigenvalue weighted by atomic mass is 10.3. The number of rotatable bonds is 5. The number of carboxylic acid groups (broad SMARTS) is 1. The summed E-state index contributed by atoms with van der Waals surface area (Å²) in [6.45, 7) is 0.0978. The molecule has 0 saturated carbocycles. The molecule has 1 aromatic heterocycles. The molecule has 1 rings (SSSR count). The average molecular weight is 249 g/mol. The van der Waals surface area contributed by atoms with Crippen LogP contribution >= 0.6 is 0 Å². The molecule has 17 heavy (non-hydrogen) atoms. The van der Waals surface area contributed by atoms with E-state index in [1.54, 1.807) is 0 Å². The first-order valence-corrected chi connectivity index (χ1v) is 4.74. The highest BCUT2D eigenvalue weighted by Gasteiger charge is 2.25. The summed E-state index contributed by atoms with van der Waals surface area (Å²) in [5.74, 6) is -0.960. The molecule has 0 fully saturated rings. The Morgan fingerprint density at radius 1 is 1.35 bits per heavy atom. The second-order valence-electron chi connectivity index (χ2n) is 3.24. The first-order chi connectivity index (χ1) is 7.88. The monoisotopic (exact) mass is 249 g/mol. The molecule has 8 heteroatoms. The summed E-state index contributed by atoms with van der Waals surface area (Å²) in [5, 5.41) is 11.1. The number of anilines is 1. The summed E-state index contributed by atoms with van der Waals surface area (Å²) < 4.78 is 35.4. The fourth-order valence-corrected chi connectivity index (χ4v) is 1.04. The smallest absolute Gasteiger partial charge is 0.389 e. The fourth-order valence-electron chi connectivity index (χ4n) is 1.04. The van der Waals surface area contributed by atoms with E-state index >= 15 is 0 Å². The zero-order valence-electron chi connectivity index (χ0n) is 8.66. The van der Waals surface area contributed by atoms with Crippen molar-refractivity contribution in [3.63, 3.8) is 0 Å². The van der Waals surface area contributed by atoms with Gasteiger partial charge < -0.3 is 10.4 Å². The van der Waals surface area contributed by atoms with Crippen LogP contribution in [0.1, 0.15) is 23.3 Å². The van der Waals surface area contributed by atoms with Crippen LogP contribution in [0.3, 0.4) is 0 Å². The van der Waals surface area contributed by atoms with Gasteiger partial charge in [0, 0.05) is 13.0 Å². The van der Waals surface area contributed by atoms with Crippen molar-refractivity contribution in [3.05, 3.63) is 18.1 Å². The Morgan fingerprint density at radius 3 is 2.53 bits per heavy atom. The highest BCUT2D eigenvalue weighted by Crippen LogP contribution is 2.20. The Bertz CT molecular complexity index is 378. The van der Waals surface area contributed by atoms with E-state index in [1.807, 2.05) is 0 Å². The number of aromatic nitrogens is 2. The van der Waals surface area contributed by atoms with E-state index in [4.69, 9.17) is 5.11 Å². The van der Waals surface area contributed by atoms with Crippen LogP contribution in [0.5, 0.6) is 0 Å². The van der Waals surface area contributed by atoms with Crippen LogP contribution < -0.4 is 5.32 Å². The van der Waals surface area contributed by atoms with Crippen LogP contribution in [0.4, 0.5) is 19.0 Å². The number of hydrogen-bond acceptors (Lipinski definition) is 4. The van der Waals surface area contributed by atoms with Crippen molar-refractivity contribution in [2.24, 2.45) is 0 Å². The molecule has 2 N–H and O–H groups in total. The summed E-state index contributed by atoms with van der Waals surface area (Å²) in [6.07, 6.45) is -2.92. The highest BCUT2D eigenvalue weighted by molar-refractivity contribution is 5.84. The third kappa shape index (κ3) is 5.14. The molecule has 0 atom stereocenters. The van der Waals surface area contributed by atoms with Crippen molar-refractivity contribution in [1.29, 1.82) is 0 Å². The van der Waals surface area contributed by atoms with Gasteiger partial charge in [0.2, 0.25) is 0 Å². The number of halogens is 3. The topological polar surface area (TPSA) is 75.1 Å². The van der Waals surface area contributed by atoms with Crippen LogP contribution in [0.25, 0.3) is 0 Å². The number of carbonyl (C=O) groups is 1. The zero-order valence-corrected chi connectivity index (χ0v) is 8.66. The van der Waals surface area contributed by atoms with Gasteiger partial charge in [0.1, 0.15) is 5.82 Å². The number of carboxylic acids is 1. The molecule has 0 bridgehead atoms.